The van der Waals surface area contributed by atoms with Gasteiger partial charge in [0, 0.05) is 25.2 Å². The van der Waals surface area contributed by atoms with E-state index in [1.54, 1.807) is 7.11 Å². The lowest BCUT2D eigenvalue weighted by atomic mass is 9.96. The number of carbonyl (C=O) groups excluding carboxylic acids is 1. The highest BCUT2D eigenvalue weighted by molar-refractivity contribution is 5.88. The van der Waals surface area contributed by atoms with Crippen LogP contribution in [0.25, 0.3) is 10.8 Å². The SMILES string of the molecule is COc1ccc2cc([C@H](C)C(=O)NCC(C)(C)N3CCOCC3)ccc2c1. The zero-order valence-corrected chi connectivity index (χ0v) is 16.7. The van der Waals surface area contributed by atoms with Gasteiger partial charge in [-0.05, 0) is 49.2 Å². The molecular weight excluding hydrogens is 340 g/mol. The molecule has 0 aliphatic carbocycles. The summed E-state index contributed by atoms with van der Waals surface area (Å²) in [6, 6.07) is 12.2. The highest BCUT2D eigenvalue weighted by Crippen LogP contribution is 2.25. The molecule has 0 unspecified atom stereocenters. The van der Waals surface area contributed by atoms with Crippen molar-refractivity contribution >= 4 is 16.7 Å². The number of fused-ring (bicyclic) bond motifs is 1. The average molecular weight is 370 g/mol. The summed E-state index contributed by atoms with van der Waals surface area (Å²) in [5.74, 6) is 0.701. The molecule has 1 aliphatic heterocycles. The highest BCUT2D eigenvalue weighted by Gasteiger charge is 2.29. The molecule has 0 spiro atoms. The van der Waals surface area contributed by atoms with Crippen LogP contribution in [0.15, 0.2) is 36.4 Å². The van der Waals surface area contributed by atoms with Crippen molar-refractivity contribution in [2.45, 2.75) is 32.2 Å². The van der Waals surface area contributed by atoms with Crippen molar-refractivity contribution in [2.75, 3.05) is 40.0 Å². The third kappa shape index (κ3) is 4.60. The van der Waals surface area contributed by atoms with Crippen molar-refractivity contribution in [3.8, 4) is 5.75 Å². The van der Waals surface area contributed by atoms with E-state index in [2.05, 4.69) is 36.2 Å². The molecule has 1 amide bonds. The van der Waals surface area contributed by atoms with Gasteiger partial charge >= 0.3 is 0 Å². The van der Waals surface area contributed by atoms with Crippen LogP contribution in [0, 0.1) is 0 Å². The highest BCUT2D eigenvalue weighted by atomic mass is 16.5. The lowest BCUT2D eigenvalue weighted by Crippen LogP contribution is -2.55. The summed E-state index contributed by atoms with van der Waals surface area (Å²) in [5, 5.41) is 5.37. The normalized spacial score (nSPS) is 16.9. The predicted octanol–water partition coefficient (Wildman–Crippen LogP) is 3.18. The maximum atomic E-state index is 12.7. The Morgan fingerprint density at radius 3 is 2.56 bits per heavy atom. The fourth-order valence-electron chi connectivity index (χ4n) is 3.53. The van der Waals surface area contributed by atoms with Crippen molar-refractivity contribution < 1.29 is 14.3 Å². The summed E-state index contributed by atoms with van der Waals surface area (Å²) in [6.45, 7) is 10.3. The molecule has 1 atom stereocenters. The van der Waals surface area contributed by atoms with E-state index in [9.17, 15) is 4.79 Å². The van der Waals surface area contributed by atoms with Crippen LogP contribution in [0.1, 0.15) is 32.3 Å². The number of carbonyl (C=O) groups is 1. The number of hydrogen-bond acceptors (Lipinski definition) is 4. The molecule has 27 heavy (non-hydrogen) atoms. The van der Waals surface area contributed by atoms with E-state index in [-0.39, 0.29) is 17.4 Å². The number of morpholine rings is 1. The standard InChI is InChI=1S/C22H30N2O3/c1-16(17-5-6-19-14-20(26-4)8-7-18(19)13-17)21(25)23-15-22(2,3)24-9-11-27-12-10-24/h5-8,13-14,16H,9-12,15H2,1-4H3,(H,23,25)/t16-/m0/s1. The van der Waals surface area contributed by atoms with Crippen molar-refractivity contribution in [3.05, 3.63) is 42.0 Å². The Bertz CT molecular complexity index is 797. The van der Waals surface area contributed by atoms with Crippen LogP contribution in [0.5, 0.6) is 5.75 Å². The first-order valence-electron chi connectivity index (χ1n) is 9.59. The van der Waals surface area contributed by atoms with Gasteiger partial charge in [0.1, 0.15) is 5.75 Å². The molecule has 1 saturated heterocycles. The van der Waals surface area contributed by atoms with Crippen LogP contribution in [0.2, 0.25) is 0 Å². The quantitative estimate of drug-likeness (QED) is 0.849. The van der Waals surface area contributed by atoms with Gasteiger partial charge in [0.05, 0.1) is 26.2 Å². The molecule has 1 aliphatic rings. The zero-order chi connectivity index (χ0) is 19.4. The van der Waals surface area contributed by atoms with Crippen molar-refractivity contribution in [3.63, 3.8) is 0 Å². The van der Waals surface area contributed by atoms with Gasteiger partial charge in [-0.3, -0.25) is 9.69 Å². The Labute approximate surface area is 161 Å². The fraction of sp³-hybridized carbons (Fsp3) is 0.500. The van der Waals surface area contributed by atoms with E-state index >= 15 is 0 Å². The van der Waals surface area contributed by atoms with Gasteiger partial charge in [-0.2, -0.15) is 0 Å². The summed E-state index contributed by atoms with van der Waals surface area (Å²) in [4.78, 5) is 15.1. The van der Waals surface area contributed by atoms with Gasteiger partial charge in [-0.1, -0.05) is 24.3 Å². The molecule has 5 nitrogen and oxygen atoms in total. The maximum Gasteiger partial charge on any atom is 0.227 e. The third-order valence-corrected chi connectivity index (χ3v) is 5.53. The minimum atomic E-state index is -0.197. The van der Waals surface area contributed by atoms with Gasteiger partial charge in [0.2, 0.25) is 5.91 Å². The molecule has 5 heteroatoms. The van der Waals surface area contributed by atoms with E-state index in [0.29, 0.717) is 6.54 Å². The van der Waals surface area contributed by atoms with Crippen LogP contribution in [-0.4, -0.2) is 56.3 Å². The number of rotatable bonds is 6. The Morgan fingerprint density at radius 1 is 1.19 bits per heavy atom. The molecule has 3 rings (SSSR count). The predicted molar refractivity (Wildman–Crippen MR) is 108 cm³/mol. The number of benzene rings is 2. The average Bonchev–Trinajstić information content (AvgIpc) is 2.71. The topological polar surface area (TPSA) is 50.8 Å². The minimum absolute atomic E-state index is 0.0594. The Morgan fingerprint density at radius 2 is 1.85 bits per heavy atom. The molecule has 2 aromatic carbocycles. The molecule has 0 bridgehead atoms. The number of ether oxygens (including phenoxy) is 2. The van der Waals surface area contributed by atoms with Gasteiger partial charge in [-0.15, -0.1) is 0 Å². The third-order valence-electron chi connectivity index (χ3n) is 5.53. The zero-order valence-electron chi connectivity index (χ0n) is 16.7. The number of amides is 1. The number of hydrogen-bond donors (Lipinski definition) is 1. The first kappa shape index (κ1) is 19.6. The monoisotopic (exact) mass is 370 g/mol. The second kappa shape index (κ2) is 8.28. The van der Waals surface area contributed by atoms with Gasteiger partial charge < -0.3 is 14.8 Å². The molecule has 0 aromatic heterocycles. The van der Waals surface area contributed by atoms with Gasteiger partial charge in [-0.25, -0.2) is 0 Å². The largest absolute Gasteiger partial charge is 0.497 e. The summed E-state index contributed by atoms with van der Waals surface area (Å²) in [7, 11) is 1.67. The Balaban J connectivity index is 1.65. The summed E-state index contributed by atoms with van der Waals surface area (Å²) >= 11 is 0. The van der Waals surface area contributed by atoms with Crippen LogP contribution in [0.3, 0.4) is 0 Å². The summed E-state index contributed by atoms with van der Waals surface area (Å²) in [5.41, 5.74) is 0.938. The number of nitrogens with one attached hydrogen (secondary N) is 1. The lowest BCUT2D eigenvalue weighted by molar-refractivity contribution is -0.123. The number of nitrogens with zero attached hydrogens (tertiary/aromatic N) is 1. The van der Waals surface area contributed by atoms with Crippen molar-refractivity contribution in [2.24, 2.45) is 0 Å². The molecule has 0 saturated carbocycles. The molecule has 2 aromatic rings. The first-order valence-corrected chi connectivity index (χ1v) is 9.59. The molecule has 1 fully saturated rings. The molecular formula is C22H30N2O3. The second-order valence-corrected chi connectivity index (χ2v) is 7.82. The summed E-state index contributed by atoms with van der Waals surface area (Å²) < 4.78 is 10.7. The second-order valence-electron chi connectivity index (χ2n) is 7.82. The van der Waals surface area contributed by atoms with Crippen LogP contribution in [0.4, 0.5) is 0 Å². The van der Waals surface area contributed by atoms with E-state index < -0.39 is 0 Å². The van der Waals surface area contributed by atoms with Crippen LogP contribution >= 0.6 is 0 Å². The first-order chi connectivity index (χ1) is 12.9. The lowest BCUT2D eigenvalue weighted by Gasteiger charge is -2.41. The van der Waals surface area contributed by atoms with Gasteiger partial charge in [0.25, 0.3) is 0 Å². The van der Waals surface area contributed by atoms with Gasteiger partial charge in [0.15, 0.2) is 0 Å². The van der Waals surface area contributed by atoms with E-state index in [0.717, 1.165) is 48.4 Å². The van der Waals surface area contributed by atoms with E-state index in [4.69, 9.17) is 9.47 Å². The Hall–Kier alpha value is -2.11. The van der Waals surface area contributed by atoms with Crippen molar-refractivity contribution in [1.82, 2.24) is 10.2 Å². The summed E-state index contributed by atoms with van der Waals surface area (Å²) in [6.07, 6.45) is 0. The molecule has 1 N–H and O–H groups in total. The minimum Gasteiger partial charge on any atom is -0.497 e. The smallest absolute Gasteiger partial charge is 0.227 e. The van der Waals surface area contributed by atoms with E-state index in [1.165, 1.54) is 0 Å². The van der Waals surface area contributed by atoms with Crippen LogP contribution in [-0.2, 0) is 9.53 Å². The molecule has 146 valence electrons. The molecule has 0 radical (unpaired) electrons. The van der Waals surface area contributed by atoms with E-state index in [1.807, 2.05) is 31.2 Å². The van der Waals surface area contributed by atoms with Crippen molar-refractivity contribution in [1.29, 1.82) is 0 Å². The number of methoxy groups -OCH3 is 1. The Kier molecular flexibility index (Phi) is 6.02. The van der Waals surface area contributed by atoms with Crippen LogP contribution < -0.4 is 10.1 Å². The fourth-order valence-corrected chi connectivity index (χ4v) is 3.53. The maximum absolute atomic E-state index is 12.7. The molecule has 1 heterocycles.